The number of anilines is 2. The average molecular weight is 331 g/mol. The van der Waals surface area contributed by atoms with E-state index in [-0.39, 0.29) is 11.6 Å². The maximum Gasteiger partial charge on any atom is 0.275 e. The van der Waals surface area contributed by atoms with E-state index in [2.05, 4.69) is 31.4 Å². The summed E-state index contributed by atoms with van der Waals surface area (Å²) in [6, 6.07) is 11.7. The summed E-state index contributed by atoms with van der Waals surface area (Å²) >= 11 is 3.43. The predicted octanol–water partition coefficient (Wildman–Crippen LogP) is 3.16. The summed E-state index contributed by atoms with van der Waals surface area (Å²) in [4.78, 5) is 12.0. The Morgan fingerprint density at radius 2 is 1.95 bits per heavy atom. The predicted molar refractivity (Wildman–Crippen MR) is 82.6 cm³/mol. The van der Waals surface area contributed by atoms with Crippen LogP contribution in [-0.2, 0) is 0 Å². The second kappa shape index (κ2) is 4.97. The molecule has 20 heavy (non-hydrogen) atoms. The van der Waals surface area contributed by atoms with E-state index in [0.717, 1.165) is 15.2 Å². The van der Waals surface area contributed by atoms with Crippen LogP contribution in [0.3, 0.4) is 0 Å². The van der Waals surface area contributed by atoms with E-state index in [1.165, 1.54) is 6.20 Å². The molecule has 3 rings (SSSR count). The van der Waals surface area contributed by atoms with Crippen LogP contribution < -0.4 is 11.1 Å². The Kier molecular flexibility index (Phi) is 3.15. The lowest BCUT2D eigenvalue weighted by atomic mass is 10.1. The number of fused-ring (bicyclic) bond motifs is 1. The molecule has 1 heterocycles. The van der Waals surface area contributed by atoms with Gasteiger partial charge in [0, 0.05) is 10.2 Å². The zero-order valence-electron chi connectivity index (χ0n) is 10.4. The van der Waals surface area contributed by atoms with Gasteiger partial charge < -0.3 is 11.1 Å². The summed E-state index contributed by atoms with van der Waals surface area (Å²) < 4.78 is 1.02. The SMILES string of the molecule is Nc1cn[nH]c1C(=O)Nc1ccc2cc(Br)ccc2c1. The van der Waals surface area contributed by atoms with Crippen LogP contribution in [0, 0.1) is 0 Å². The molecule has 1 aromatic heterocycles. The molecule has 100 valence electrons. The number of carbonyl (C=O) groups is 1. The van der Waals surface area contributed by atoms with Gasteiger partial charge in [-0.05, 0) is 35.0 Å². The van der Waals surface area contributed by atoms with Crippen molar-refractivity contribution in [1.82, 2.24) is 10.2 Å². The molecule has 3 aromatic rings. The molecule has 0 aliphatic carbocycles. The molecule has 0 fully saturated rings. The summed E-state index contributed by atoms with van der Waals surface area (Å²) in [5.74, 6) is -0.309. The summed E-state index contributed by atoms with van der Waals surface area (Å²) in [5.41, 5.74) is 6.94. The number of nitrogen functional groups attached to an aromatic ring is 1. The first-order chi connectivity index (χ1) is 9.63. The zero-order chi connectivity index (χ0) is 14.1. The van der Waals surface area contributed by atoms with Crippen LogP contribution in [0.2, 0.25) is 0 Å². The second-order valence-corrected chi connectivity index (χ2v) is 5.28. The molecule has 0 saturated heterocycles. The minimum atomic E-state index is -0.309. The van der Waals surface area contributed by atoms with Crippen molar-refractivity contribution in [3.05, 3.63) is 52.8 Å². The van der Waals surface area contributed by atoms with Crippen molar-refractivity contribution in [1.29, 1.82) is 0 Å². The lowest BCUT2D eigenvalue weighted by molar-refractivity contribution is 0.102. The molecule has 0 aliphatic rings. The van der Waals surface area contributed by atoms with E-state index in [9.17, 15) is 4.79 Å². The Morgan fingerprint density at radius 1 is 1.20 bits per heavy atom. The van der Waals surface area contributed by atoms with Crippen molar-refractivity contribution in [2.75, 3.05) is 11.1 Å². The Balaban J connectivity index is 1.90. The summed E-state index contributed by atoms with van der Waals surface area (Å²) in [6.07, 6.45) is 1.41. The minimum absolute atomic E-state index is 0.265. The number of aromatic amines is 1. The Hall–Kier alpha value is -2.34. The van der Waals surface area contributed by atoms with Gasteiger partial charge in [0.05, 0.1) is 11.9 Å². The van der Waals surface area contributed by atoms with Crippen LogP contribution in [0.5, 0.6) is 0 Å². The van der Waals surface area contributed by atoms with Gasteiger partial charge in [-0.25, -0.2) is 0 Å². The maximum absolute atomic E-state index is 12.0. The number of aromatic nitrogens is 2. The highest BCUT2D eigenvalue weighted by Gasteiger charge is 2.11. The Morgan fingerprint density at radius 3 is 2.70 bits per heavy atom. The highest BCUT2D eigenvalue weighted by molar-refractivity contribution is 9.10. The zero-order valence-corrected chi connectivity index (χ0v) is 11.9. The minimum Gasteiger partial charge on any atom is -0.396 e. The summed E-state index contributed by atoms with van der Waals surface area (Å²) in [7, 11) is 0. The third kappa shape index (κ3) is 2.37. The van der Waals surface area contributed by atoms with Crippen molar-refractivity contribution in [3.8, 4) is 0 Å². The van der Waals surface area contributed by atoms with Gasteiger partial charge in [-0.1, -0.05) is 28.1 Å². The molecule has 4 N–H and O–H groups in total. The first-order valence-electron chi connectivity index (χ1n) is 5.93. The van der Waals surface area contributed by atoms with Gasteiger partial charge in [0.25, 0.3) is 5.91 Å². The van der Waals surface area contributed by atoms with Crippen LogP contribution in [0.1, 0.15) is 10.5 Å². The number of amides is 1. The maximum atomic E-state index is 12.0. The van der Waals surface area contributed by atoms with Crippen LogP contribution in [0.15, 0.2) is 47.1 Å². The van der Waals surface area contributed by atoms with Crippen LogP contribution >= 0.6 is 15.9 Å². The molecule has 0 atom stereocenters. The standard InChI is InChI=1S/C14H11BrN4O/c15-10-3-1-9-6-11(4-2-8(9)5-10)18-14(20)13-12(16)7-17-19-13/h1-7H,16H2,(H,17,19)(H,18,20). The molecule has 0 spiro atoms. The number of halogens is 1. The van der Waals surface area contributed by atoms with Crippen LogP contribution in [0.25, 0.3) is 10.8 Å². The molecule has 2 aromatic carbocycles. The van der Waals surface area contributed by atoms with E-state index in [0.29, 0.717) is 11.4 Å². The van der Waals surface area contributed by atoms with Gasteiger partial charge in [-0.3, -0.25) is 9.89 Å². The van der Waals surface area contributed by atoms with Gasteiger partial charge in [0.1, 0.15) is 5.69 Å². The molecule has 1 amide bonds. The van der Waals surface area contributed by atoms with Crippen molar-refractivity contribution in [2.45, 2.75) is 0 Å². The number of nitrogens with one attached hydrogen (secondary N) is 2. The number of nitrogens with two attached hydrogens (primary N) is 1. The van der Waals surface area contributed by atoms with Gasteiger partial charge in [0.15, 0.2) is 0 Å². The fourth-order valence-corrected chi connectivity index (χ4v) is 2.34. The largest absolute Gasteiger partial charge is 0.396 e. The Bertz CT molecular complexity index is 797. The molecule has 0 bridgehead atoms. The molecule has 0 aliphatic heterocycles. The third-order valence-corrected chi connectivity index (χ3v) is 3.45. The number of H-pyrrole nitrogens is 1. The van der Waals surface area contributed by atoms with Crippen molar-refractivity contribution in [2.24, 2.45) is 0 Å². The number of nitrogens with zero attached hydrogens (tertiary/aromatic N) is 1. The first-order valence-corrected chi connectivity index (χ1v) is 6.72. The molecule has 0 unspecified atom stereocenters. The number of rotatable bonds is 2. The average Bonchev–Trinajstić information content (AvgIpc) is 2.85. The van der Waals surface area contributed by atoms with E-state index in [4.69, 9.17) is 5.73 Å². The van der Waals surface area contributed by atoms with E-state index >= 15 is 0 Å². The van der Waals surface area contributed by atoms with Gasteiger partial charge in [-0.15, -0.1) is 0 Å². The molecule has 5 nitrogen and oxygen atoms in total. The number of hydrogen-bond donors (Lipinski definition) is 3. The highest BCUT2D eigenvalue weighted by atomic mass is 79.9. The molecule has 6 heteroatoms. The number of carbonyl (C=O) groups excluding carboxylic acids is 1. The molecule has 0 radical (unpaired) electrons. The lowest BCUT2D eigenvalue weighted by Crippen LogP contribution is -2.14. The van der Waals surface area contributed by atoms with Crippen LogP contribution in [-0.4, -0.2) is 16.1 Å². The van der Waals surface area contributed by atoms with Crippen molar-refractivity contribution < 1.29 is 4.79 Å². The van der Waals surface area contributed by atoms with Crippen molar-refractivity contribution in [3.63, 3.8) is 0 Å². The van der Waals surface area contributed by atoms with Crippen molar-refractivity contribution >= 4 is 44.0 Å². The molecular weight excluding hydrogens is 320 g/mol. The van der Waals surface area contributed by atoms with E-state index in [1.54, 1.807) is 0 Å². The normalized spacial score (nSPS) is 10.7. The lowest BCUT2D eigenvalue weighted by Gasteiger charge is -2.06. The highest BCUT2D eigenvalue weighted by Crippen LogP contribution is 2.23. The second-order valence-electron chi connectivity index (χ2n) is 4.36. The van der Waals surface area contributed by atoms with Gasteiger partial charge in [-0.2, -0.15) is 5.10 Å². The fourth-order valence-electron chi connectivity index (χ4n) is 1.97. The van der Waals surface area contributed by atoms with Crippen LogP contribution in [0.4, 0.5) is 11.4 Å². The topological polar surface area (TPSA) is 83.8 Å². The summed E-state index contributed by atoms with van der Waals surface area (Å²) in [6.45, 7) is 0. The summed E-state index contributed by atoms with van der Waals surface area (Å²) in [5, 5.41) is 11.2. The molecule has 0 saturated carbocycles. The van der Waals surface area contributed by atoms with E-state index in [1.807, 2.05) is 36.4 Å². The monoisotopic (exact) mass is 330 g/mol. The molecular formula is C14H11BrN4O. The number of hydrogen-bond acceptors (Lipinski definition) is 3. The van der Waals surface area contributed by atoms with E-state index < -0.39 is 0 Å². The number of benzene rings is 2. The van der Waals surface area contributed by atoms with Gasteiger partial charge in [0.2, 0.25) is 0 Å². The Labute approximate surface area is 123 Å². The fraction of sp³-hybridized carbons (Fsp3) is 0. The smallest absolute Gasteiger partial charge is 0.275 e. The third-order valence-electron chi connectivity index (χ3n) is 2.96. The quantitative estimate of drug-likeness (QED) is 0.674. The van der Waals surface area contributed by atoms with Gasteiger partial charge >= 0.3 is 0 Å². The first kappa shape index (κ1) is 12.7.